The molecular weight excluding hydrogens is 262 g/mol. The summed E-state index contributed by atoms with van der Waals surface area (Å²) in [5.41, 5.74) is 2.93. The molecule has 110 valence electrons. The number of rotatable bonds is 6. The van der Waals surface area contributed by atoms with Crippen LogP contribution in [0.15, 0.2) is 48.1 Å². The Morgan fingerprint density at radius 2 is 2.19 bits per heavy atom. The van der Waals surface area contributed by atoms with Crippen LogP contribution >= 0.6 is 0 Å². The first-order chi connectivity index (χ1) is 10.2. The third-order valence-electron chi connectivity index (χ3n) is 3.89. The predicted octanol–water partition coefficient (Wildman–Crippen LogP) is 4.24. The molecule has 2 aliphatic rings. The fourth-order valence-corrected chi connectivity index (χ4v) is 2.48. The molecule has 1 fully saturated rings. The van der Waals surface area contributed by atoms with Crippen molar-refractivity contribution in [3.05, 3.63) is 53.6 Å². The van der Waals surface area contributed by atoms with Crippen molar-refractivity contribution in [2.75, 3.05) is 6.61 Å². The van der Waals surface area contributed by atoms with Gasteiger partial charge in [0.05, 0.1) is 0 Å². The average Bonchev–Trinajstić information content (AvgIpc) is 3.23. The molecule has 1 heterocycles. The zero-order valence-electron chi connectivity index (χ0n) is 12.4. The van der Waals surface area contributed by atoms with Crippen molar-refractivity contribution in [2.45, 2.75) is 38.4 Å². The summed E-state index contributed by atoms with van der Waals surface area (Å²) in [6.07, 6.45) is 10.4. The van der Waals surface area contributed by atoms with Gasteiger partial charge in [0.2, 0.25) is 5.79 Å². The summed E-state index contributed by atoms with van der Waals surface area (Å²) in [5.74, 6) is 0.257. The van der Waals surface area contributed by atoms with Crippen molar-refractivity contribution >= 4 is 5.71 Å². The van der Waals surface area contributed by atoms with E-state index in [0.717, 1.165) is 37.0 Å². The van der Waals surface area contributed by atoms with Gasteiger partial charge in [0.15, 0.2) is 0 Å². The first-order valence-electron chi connectivity index (χ1n) is 7.51. The molecule has 1 N–H and O–H groups in total. The molecule has 1 aromatic carbocycles. The summed E-state index contributed by atoms with van der Waals surface area (Å²) in [6, 6.07) is 7.76. The smallest absolute Gasteiger partial charge is 0.231 e. The quantitative estimate of drug-likeness (QED) is 0.627. The van der Waals surface area contributed by atoms with Gasteiger partial charge in [-0.05, 0) is 37.8 Å². The Labute approximate surface area is 125 Å². The maximum atomic E-state index is 8.35. The van der Waals surface area contributed by atoms with E-state index in [1.807, 2.05) is 31.2 Å². The molecule has 1 aliphatic carbocycles. The van der Waals surface area contributed by atoms with E-state index < -0.39 is 5.79 Å². The summed E-state index contributed by atoms with van der Waals surface area (Å²) in [7, 11) is 0. The number of benzene rings is 1. The zero-order chi connectivity index (χ0) is 14.7. The normalized spacial score (nSPS) is 23.6. The minimum Gasteiger partial charge on any atom is -0.459 e. The topological polar surface area (TPSA) is 45.6 Å². The second kappa shape index (κ2) is 5.86. The van der Waals surface area contributed by atoms with Crippen molar-refractivity contribution in [2.24, 2.45) is 0 Å². The van der Waals surface area contributed by atoms with Gasteiger partial charge in [-0.15, -0.1) is 0 Å². The summed E-state index contributed by atoms with van der Waals surface area (Å²) in [4.78, 5) is 0. The number of nitrogens with one attached hydrogen (secondary N) is 1. The largest absolute Gasteiger partial charge is 0.459 e. The molecule has 1 unspecified atom stereocenters. The van der Waals surface area contributed by atoms with E-state index >= 15 is 0 Å². The van der Waals surface area contributed by atoms with E-state index in [4.69, 9.17) is 14.9 Å². The Kier molecular flexibility index (Phi) is 3.93. The van der Waals surface area contributed by atoms with Crippen LogP contribution in [0.25, 0.3) is 0 Å². The molecule has 1 aliphatic heterocycles. The molecule has 1 aromatic rings. The Hall–Kier alpha value is -1.87. The molecule has 0 aromatic heterocycles. The summed E-state index contributed by atoms with van der Waals surface area (Å²) in [6.45, 7) is 2.54. The minimum absolute atomic E-state index is 0.493. The monoisotopic (exact) mass is 283 g/mol. The number of hydrogen-bond donors (Lipinski definition) is 1. The molecule has 0 spiro atoms. The molecule has 0 saturated carbocycles. The van der Waals surface area contributed by atoms with Gasteiger partial charge >= 0.3 is 0 Å². The first-order valence-corrected chi connectivity index (χ1v) is 7.51. The molecule has 3 heteroatoms. The molecule has 0 radical (unpaired) electrons. The standard InChI is InChI=1S/C18H21NO2/c1-18(13-20-18)21-17-10-6-5-9-15(17)16(19)12-11-14-7-3-2-4-8-14/h2-3,5-7,9-10,19H,4,8,11-13H2,1H3. The number of para-hydroxylation sites is 1. The highest BCUT2D eigenvalue weighted by Gasteiger charge is 2.42. The Balaban J connectivity index is 1.66. The van der Waals surface area contributed by atoms with E-state index in [1.54, 1.807) is 0 Å². The summed E-state index contributed by atoms with van der Waals surface area (Å²) < 4.78 is 11.1. The second-order valence-electron chi connectivity index (χ2n) is 5.79. The lowest BCUT2D eigenvalue weighted by molar-refractivity contribution is 0.0800. The van der Waals surface area contributed by atoms with Crippen molar-refractivity contribution in [3.63, 3.8) is 0 Å². The number of epoxide rings is 1. The molecule has 1 atom stereocenters. The Morgan fingerprint density at radius 1 is 1.38 bits per heavy atom. The lowest BCUT2D eigenvalue weighted by Crippen LogP contribution is -2.16. The van der Waals surface area contributed by atoms with Gasteiger partial charge in [0, 0.05) is 18.2 Å². The van der Waals surface area contributed by atoms with Crippen LogP contribution in [0.2, 0.25) is 0 Å². The highest BCUT2D eigenvalue weighted by Crippen LogP contribution is 2.32. The van der Waals surface area contributed by atoms with Crippen molar-refractivity contribution in [1.29, 1.82) is 5.41 Å². The lowest BCUT2D eigenvalue weighted by atomic mass is 9.96. The average molecular weight is 283 g/mol. The van der Waals surface area contributed by atoms with Crippen molar-refractivity contribution in [1.82, 2.24) is 0 Å². The van der Waals surface area contributed by atoms with Gasteiger partial charge in [-0.3, -0.25) is 0 Å². The fourth-order valence-electron chi connectivity index (χ4n) is 2.48. The predicted molar refractivity (Wildman–Crippen MR) is 83.9 cm³/mol. The van der Waals surface area contributed by atoms with Crippen LogP contribution in [0.5, 0.6) is 5.75 Å². The molecule has 0 amide bonds. The highest BCUT2D eigenvalue weighted by molar-refractivity contribution is 6.00. The van der Waals surface area contributed by atoms with Crippen molar-refractivity contribution in [3.8, 4) is 5.75 Å². The summed E-state index contributed by atoms with van der Waals surface area (Å²) >= 11 is 0. The van der Waals surface area contributed by atoms with Crippen LogP contribution in [-0.2, 0) is 4.74 Å². The molecule has 3 nitrogen and oxygen atoms in total. The highest BCUT2D eigenvalue weighted by atomic mass is 16.8. The van der Waals surface area contributed by atoms with E-state index in [0.29, 0.717) is 12.3 Å². The van der Waals surface area contributed by atoms with Crippen LogP contribution in [0, 0.1) is 5.41 Å². The molecule has 0 bridgehead atoms. The van der Waals surface area contributed by atoms with Gasteiger partial charge in [-0.2, -0.15) is 0 Å². The molecule has 1 saturated heterocycles. The van der Waals surface area contributed by atoms with Gasteiger partial charge in [0.25, 0.3) is 0 Å². The van der Waals surface area contributed by atoms with Crippen molar-refractivity contribution < 1.29 is 9.47 Å². The third kappa shape index (κ3) is 3.61. The maximum absolute atomic E-state index is 8.35. The SMILES string of the molecule is CC1(Oc2ccccc2C(=N)CCC2=CC=CCC2)CO1. The van der Waals surface area contributed by atoms with Gasteiger partial charge in [-0.25, -0.2) is 0 Å². The number of allylic oxidation sites excluding steroid dienone is 4. The fraction of sp³-hybridized carbons (Fsp3) is 0.389. The van der Waals surface area contributed by atoms with E-state index in [1.165, 1.54) is 5.57 Å². The van der Waals surface area contributed by atoms with E-state index in [2.05, 4.69) is 18.2 Å². The maximum Gasteiger partial charge on any atom is 0.231 e. The third-order valence-corrected chi connectivity index (χ3v) is 3.89. The number of hydrogen-bond acceptors (Lipinski definition) is 3. The Morgan fingerprint density at radius 3 is 2.90 bits per heavy atom. The number of ether oxygens (including phenoxy) is 2. The molecule has 3 rings (SSSR count). The van der Waals surface area contributed by atoms with Crippen LogP contribution < -0.4 is 4.74 Å². The van der Waals surface area contributed by atoms with Crippen LogP contribution in [0.1, 0.15) is 38.2 Å². The zero-order valence-corrected chi connectivity index (χ0v) is 12.4. The van der Waals surface area contributed by atoms with Crippen LogP contribution in [-0.4, -0.2) is 18.1 Å². The van der Waals surface area contributed by atoms with Gasteiger partial charge < -0.3 is 14.9 Å². The first kappa shape index (κ1) is 14.1. The molecule has 21 heavy (non-hydrogen) atoms. The Bertz CT molecular complexity index is 597. The minimum atomic E-state index is -0.493. The van der Waals surface area contributed by atoms with Crippen LogP contribution in [0.3, 0.4) is 0 Å². The second-order valence-corrected chi connectivity index (χ2v) is 5.79. The van der Waals surface area contributed by atoms with Crippen LogP contribution in [0.4, 0.5) is 0 Å². The lowest BCUT2D eigenvalue weighted by Gasteiger charge is -2.15. The molecular formula is C18H21NO2. The van der Waals surface area contributed by atoms with Gasteiger partial charge in [-0.1, -0.05) is 35.9 Å². The van der Waals surface area contributed by atoms with E-state index in [9.17, 15) is 0 Å². The van der Waals surface area contributed by atoms with E-state index in [-0.39, 0.29) is 0 Å². The van der Waals surface area contributed by atoms with Gasteiger partial charge in [0.1, 0.15) is 12.4 Å². The summed E-state index contributed by atoms with van der Waals surface area (Å²) in [5, 5.41) is 8.35.